The summed E-state index contributed by atoms with van der Waals surface area (Å²) in [5, 5.41) is 23.5. The van der Waals surface area contributed by atoms with E-state index in [-0.39, 0.29) is 17.2 Å². The Kier molecular flexibility index (Phi) is 7.21. The van der Waals surface area contributed by atoms with Crippen LogP contribution < -0.4 is 15.1 Å². The van der Waals surface area contributed by atoms with Gasteiger partial charge < -0.3 is 9.90 Å². The summed E-state index contributed by atoms with van der Waals surface area (Å²) < 4.78 is 1.96. The minimum Gasteiger partial charge on any atom is -0.545 e. The number of rotatable bonds is 8. The zero-order chi connectivity index (χ0) is 21.5. The number of carboxylic acid groups (broad SMARTS) is 1. The van der Waals surface area contributed by atoms with Crippen LogP contribution in [-0.4, -0.2) is 34.0 Å². The van der Waals surface area contributed by atoms with Gasteiger partial charge >= 0.3 is 5.16 Å². The van der Waals surface area contributed by atoms with Gasteiger partial charge in [-0.15, -0.1) is 5.10 Å². The van der Waals surface area contributed by atoms with Gasteiger partial charge in [0.25, 0.3) is 11.7 Å². The monoisotopic (exact) mass is 443 g/mol. The number of hydrogen-bond donors (Lipinski definition) is 2. The first-order valence-electron chi connectivity index (χ1n) is 8.98. The molecule has 0 saturated heterocycles. The number of amides is 1. The fourth-order valence-corrected chi connectivity index (χ4v) is 3.62. The Bertz CT molecular complexity index is 1080. The number of nitrogens with one attached hydrogen (secondary N) is 2. The molecule has 154 valence electrons. The number of carbonyl (C=O) groups is 2. The molecule has 0 atom stereocenters. The zero-order valence-corrected chi connectivity index (χ0v) is 17.5. The van der Waals surface area contributed by atoms with E-state index in [1.54, 1.807) is 30.3 Å². The molecule has 2 aromatic carbocycles. The average molecular weight is 444 g/mol. The first-order chi connectivity index (χ1) is 14.5. The molecule has 0 saturated carbocycles. The van der Waals surface area contributed by atoms with E-state index in [1.807, 2.05) is 23.6 Å². The molecule has 3 rings (SSSR count). The number of aromatic carboxylic acids is 1. The second kappa shape index (κ2) is 10.0. The van der Waals surface area contributed by atoms with Crippen LogP contribution in [0.25, 0.3) is 11.4 Å². The van der Waals surface area contributed by atoms with E-state index in [4.69, 9.17) is 11.6 Å². The molecule has 1 amide bonds. The highest BCUT2D eigenvalue weighted by molar-refractivity contribution is 7.99. The third kappa shape index (κ3) is 5.25. The van der Waals surface area contributed by atoms with Crippen LogP contribution in [0.15, 0.2) is 58.8 Å². The molecule has 0 bridgehead atoms. The lowest BCUT2D eigenvalue weighted by molar-refractivity contribution is -0.719. The Hall–Kier alpha value is -3.17. The van der Waals surface area contributed by atoms with Gasteiger partial charge in [0.15, 0.2) is 0 Å². The van der Waals surface area contributed by atoms with Crippen LogP contribution in [0.3, 0.4) is 0 Å². The van der Waals surface area contributed by atoms with Gasteiger partial charge in [-0.05, 0) is 43.0 Å². The molecule has 0 aliphatic carbocycles. The fraction of sp³-hybridized carbons (Fsp3) is 0.150. The molecule has 0 spiro atoms. The van der Waals surface area contributed by atoms with E-state index in [9.17, 15) is 14.7 Å². The van der Waals surface area contributed by atoms with E-state index in [2.05, 4.69) is 20.7 Å². The maximum absolute atomic E-state index is 12.1. The highest BCUT2D eigenvalue weighted by atomic mass is 35.5. The number of H-pyrrole nitrogens is 1. The molecule has 8 nitrogen and oxygen atoms in total. The van der Waals surface area contributed by atoms with Crippen molar-refractivity contribution in [2.24, 2.45) is 5.10 Å². The number of thioether (sulfide) groups is 1. The Morgan fingerprint density at radius 2 is 2.00 bits per heavy atom. The predicted molar refractivity (Wildman–Crippen MR) is 112 cm³/mol. The molecular weight excluding hydrogens is 426 g/mol. The average Bonchev–Trinajstić information content (AvgIpc) is 3.16. The predicted octanol–water partition coefficient (Wildman–Crippen LogP) is 1.64. The van der Waals surface area contributed by atoms with Crippen LogP contribution in [0.5, 0.6) is 0 Å². The van der Waals surface area contributed by atoms with Gasteiger partial charge in [-0.1, -0.05) is 35.9 Å². The van der Waals surface area contributed by atoms with Gasteiger partial charge in [0.05, 0.1) is 35.1 Å². The van der Waals surface area contributed by atoms with Gasteiger partial charge in [-0.2, -0.15) is 5.10 Å². The van der Waals surface area contributed by atoms with Crippen LogP contribution in [0.1, 0.15) is 22.8 Å². The maximum Gasteiger partial charge on any atom is 0.337 e. The summed E-state index contributed by atoms with van der Waals surface area (Å²) in [5.74, 6) is -0.752. The summed E-state index contributed by atoms with van der Waals surface area (Å²) >= 11 is 7.20. The summed E-state index contributed by atoms with van der Waals surface area (Å²) in [6.45, 7) is 2.65. The first kappa shape index (κ1) is 21.5. The number of hydrogen-bond acceptors (Lipinski definition) is 6. The topological polar surface area (TPSA) is 114 Å². The molecule has 0 aliphatic rings. The number of carbonyl (C=O) groups excluding carboxylic acids is 2. The van der Waals surface area contributed by atoms with E-state index in [1.165, 1.54) is 24.0 Å². The van der Waals surface area contributed by atoms with Crippen molar-refractivity contribution in [1.29, 1.82) is 0 Å². The molecule has 30 heavy (non-hydrogen) atoms. The van der Waals surface area contributed by atoms with Crippen molar-refractivity contribution in [1.82, 2.24) is 15.6 Å². The quantitative estimate of drug-likeness (QED) is 0.238. The molecule has 0 fully saturated rings. The number of halogens is 1. The number of aromatic nitrogens is 3. The summed E-state index contributed by atoms with van der Waals surface area (Å²) in [5.41, 5.74) is 3.66. The Morgan fingerprint density at radius 3 is 2.70 bits per heavy atom. The van der Waals surface area contributed by atoms with Gasteiger partial charge in [0.2, 0.25) is 0 Å². The van der Waals surface area contributed by atoms with Crippen LogP contribution >= 0.6 is 23.4 Å². The van der Waals surface area contributed by atoms with Gasteiger partial charge in [0.1, 0.15) is 0 Å². The summed E-state index contributed by atoms with van der Waals surface area (Å²) in [6.07, 6.45) is 1.27. The lowest BCUT2D eigenvalue weighted by Gasteiger charge is -2.05. The third-order valence-electron chi connectivity index (χ3n) is 4.10. The Morgan fingerprint density at radius 1 is 1.27 bits per heavy atom. The Balaban J connectivity index is 1.61. The number of nitrogens with zero attached hydrogens (tertiary/aromatic N) is 3. The maximum atomic E-state index is 12.1. The van der Waals surface area contributed by atoms with Crippen LogP contribution in [-0.2, 0) is 11.3 Å². The second-order valence-electron chi connectivity index (χ2n) is 6.06. The summed E-state index contributed by atoms with van der Waals surface area (Å²) in [7, 11) is 0. The van der Waals surface area contributed by atoms with E-state index in [0.717, 1.165) is 11.4 Å². The van der Waals surface area contributed by atoms with E-state index in [0.29, 0.717) is 22.3 Å². The highest BCUT2D eigenvalue weighted by Crippen LogP contribution is 2.19. The number of carboxylic acids is 1. The van der Waals surface area contributed by atoms with Gasteiger partial charge in [-0.3, -0.25) is 4.79 Å². The van der Waals surface area contributed by atoms with Crippen molar-refractivity contribution in [3.8, 4) is 11.4 Å². The molecule has 0 aliphatic heterocycles. The normalized spacial score (nSPS) is 11.0. The number of aromatic amines is 1. The molecular formula is C20H18ClN5O3S. The molecule has 0 unspecified atom stereocenters. The third-order valence-corrected chi connectivity index (χ3v) is 5.33. The van der Waals surface area contributed by atoms with Gasteiger partial charge in [-0.25, -0.2) is 9.99 Å². The SMILES string of the molecule is CC[n+]1c(SCC(=O)NN=Cc2ccccc2C(=O)[O-])n[nH]c1-c1ccc(Cl)cc1. The van der Waals surface area contributed by atoms with Crippen LogP contribution in [0, 0.1) is 0 Å². The molecule has 1 heterocycles. The second-order valence-corrected chi connectivity index (χ2v) is 7.44. The van der Waals surface area contributed by atoms with Crippen molar-refractivity contribution < 1.29 is 19.3 Å². The summed E-state index contributed by atoms with van der Waals surface area (Å²) in [6, 6.07) is 13.6. The number of benzene rings is 2. The van der Waals surface area contributed by atoms with Crippen molar-refractivity contribution in [3.63, 3.8) is 0 Å². The van der Waals surface area contributed by atoms with Crippen molar-refractivity contribution >= 4 is 41.5 Å². The fourth-order valence-electron chi connectivity index (χ4n) is 2.68. The number of hydrazone groups is 1. The minimum atomic E-state index is -1.31. The van der Waals surface area contributed by atoms with Crippen LogP contribution in [0.4, 0.5) is 0 Å². The summed E-state index contributed by atoms with van der Waals surface area (Å²) in [4.78, 5) is 23.2. The van der Waals surface area contributed by atoms with Crippen molar-refractivity contribution in [2.75, 3.05) is 5.75 Å². The van der Waals surface area contributed by atoms with Crippen molar-refractivity contribution in [2.45, 2.75) is 18.6 Å². The van der Waals surface area contributed by atoms with Crippen molar-refractivity contribution in [3.05, 3.63) is 64.7 Å². The zero-order valence-electron chi connectivity index (χ0n) is 16.0. The molecule has 3 aromatic rings. The van der Waals surface area contributed by atoms with Gasteiger partial charge in [0, 0.05) is 16.1 Å². The molecule has 1 aromatic heterocycles. The Labute approximate surface area is 182 Å². The minimum absolute atomic E-state index is 0.000105. The van der Waals surface area contributed by atoms with Crippen LogP contribution in [0.2, 0.25) is 5.02 Å². The van der Waals surface area contributed by atoms with E-state index >= 15 is 0 Å². The molecule has 0 radical (unpaired) electrons. The first-order valence-corrected chi connectivity index (χ1v) is 10.3. The smallest absolute Gasteiger partial charge is 0.337 e. The molecule has 10 heteroatoms. The standard InChI is InChI=1S/C20H18ClN5O3S/c1-2-26-18(13-7-9-15(21)10-8-13)24-25-20(26)30-12-17(27)23-22-11-14-5-3-4-6-16(14)19(28)29/h3-11H,2,12H2,1H3,(H2,23,27,28,29). The molecule has 2 N–H and O–H groups in total. The lowest BCUT2D eigenvalue weighted by atomic mass is 10.1. The van der Waals surface area contributed by atoms with E-state index < -0.39 is 5.97 Å². The highest BCUT2D eigenvalue weighted by Gasteiger charge is 2.21. The lowest BCUT2D eigenvalue weighted by Crippen LogP contribution is -2.36. The largest absolute Gasteiger partial charge is 0.545 e.